The van der Waals surface area contributed by atoms with Gasteiger partial charge in [0.25, 0.3) is 0 Å². The van der Waals surface area contributed by atoms with Crippen molar-refractivity contribution in [3.05, 3.63) is 23.8 Å². The molecule has 0 spiro atoms. The van der Waals surface area contributed by atoms with E-state index in [2.05, 4.69) is 6.07 Å². The number of benzene rings is 1. The zero-order chi connectivity index (χ0) is 11.4. The van der Waals surface area contributed by atoms with Crippen LogP contribution in [0.4, 0.5) is 0 Å². The highest BCUT2D eigenvalue weighted by molar-refractivity contribution is 5.43. The average molecular weight is 222 g/mol. The molecule has 0 amide bonds. The molecule has 1 aromatic carbocycles. The molecule has 16 heavy (non-hydrogen) atoms. The summed E-state index contributed by atoms with van der Waals surface area (Å²) < 4.78 is 11.2. The van der Waals surface area contributed by atoms with Crippen molar-refractivity contribution in [1.29, 1.82) is 0 Å². The Morgan fingerprint density at radius 2 is 2.00 bits per heavy atom. The molecule has 4 nitrogen and oxygen atoms in total. The van der Waals surface area contributed by atoms with Crippen LogP contribution in [0.5, 0.6) is 11.5 Å². The van der Waals surface area contributed by atoms with Crippen molar-refractivity contribution < 1.29 is 9.47 Å². The molecule has 4 heteroatoms. The Morgan fingerprint density at radius 1 is 1.25 bits per heavy atom. The van der Waals surface area contributed by atoms with Crippen LogP contribution in [-0.4, -0.2) is 31.8 Å². The Bertz CT molecular complexity index is 355. The molecule has 0 saturated carbocycles. The predicted molar refractivity (Wildman–Crippen MR) is 62.6 cm³/mol. The van der Waals surface area contributed by atoms with Crippen molar-refractivity contribution in [2.45, 2.75) is 13.0 Å². The second-order valence-electron chi connectivity index (χ2n) is 4.03. The minimum absolute atomic E-state index is 0.550. The van der Waals surface area contributed by atoms with Gasteiger partial charge in [0.15, 0.2) is 11.5 Å². The molecule has 0 fully saturated rings. The SMILES string of the molecule is CN(CN)Cc1ccc2c(c1)OCCCO2. The zero-order valence-electron chi connectivity index (χ0n) is 9.61. The Kier molecular flexibility index (Phi) is 3.64. The molecule has 0 bridgehead atoms. The van der Waals surface area contributed by atoms with Gasteiger partial charge in [-0.3, -0.25) is 4.90 Å². The van der Waals surface area contributed by atoms with E-state index >= 15 is 0 Å². The summed E-state index contributed by atoms with van der Waals surface area (Å²) in [7, 11) is 1.99. The molecule has 0 radical (unpaired) electrons. The number of fused-ring (bicyclic) bond motifs is 1. The van der Waals surface area contributed by atoms with Gasteiger partial charge in [-0.15, -0.1) is 0 Å². The van der Waals surface area contributed by atoms with Gasteiger partial charge < -0.3 is 15.2 Å². The number of hydrogen-bond donors (Lipinski definition) is 1. The maximum absolute atomic E-state index is 5.63. The first-order valence-electron chi connectivity index (χ1n) is 5.57. The van der Waals surface area contributed by atoms with Gasteiger partial charge in [-0.2, -0.15) is 0 Å². The van der Waals surface area contributed by atoms with Crippen LogP contribution in [0.1, 0.15) is 12.0 Å². The molecule has 0 unspecified atom stereocenters. The second-order valence-corrected chi connectivity index (χ2v) is 4.03. The number of nitrogens with two attached hydrogens (primary N) is 1. The van der Waals surface area contributed by atoms with E-state index in [-0.39, 0.29) is 0 Å². The zero-order valence-corrected chi connectivity index (χ0v) is 9.61. The molecular weight excluding hydrogens is 204 g/mol. The van der Waals surface area contributed by atoms with Crippen LogP contribution < -0.4 is 15.2 Å². The molecule has 0 aromatic heterocycles. The highest BCUT2D eigenvalue weighted by Gasteiger charge is 2.10. The van der Waals surface area contributed by atoms with Crippen molar-refractivity contribution in [1.82, 2.24) is 4.90 Å². The molecule has 88 valence electrons. The number of nitrogens with zero attached hydrogens (tertiary/aromatic N) is 1. The largest absolute Gasteiger partial charge is 0.490 e. The van der Waals surface area contributed by atoms with Gasteiger partial charge in [-0.25, -0.2) is 0 Å². The van der Waals surface area contributed by atoms with Gasteiger partial charge in [0.2, 0.25) is 0 Å². The molecule has 1 heterocycles. The highest BCUT2D eigenvalue weighted by atomic mass is 16.5. The minimum Gasteiger partial charge on any atom is -0.490 e. The lowest BCUT2D eigenvalue weighted by atomic mass is 10.2. The molecule has 0 saturated heterocycles. The van der Waals surface area contributed by atoms with Crippen LogP contribution in [0.15, 0.2) is 18.2 Å². The van der Waals surface area contributed by atoms with Crippen LogP contribution in [0.2, 0.25) is 0 Å². The Balaban J connectivity index is 2.14. The lowest BCUT2D eigenvalue weighted by Gasteiger charge is -2.15. The lowest BCUT2D eigenvalue weighted by Crippen LogP contribution is -2.24. The van der Waals surface area contributed by atoms with Crippen LogP contribution >= 0.6 is 0 Å². The Morgan fingerprint density at radius 3 is 2.75 bits per heavy atom. The first kappa shape index (κ1) is 11.2. The van der Waals surface area contributed by atoms with Gasteiger partial charge in [-0.1, -0.05) is 6.07 Å². The third-order valence-corrected chi connectivity index (χ3v) is 2.58. The second kappa shape index (κ2) is 5.18. The smallest absolute Gasteiger partial charge is 0.161 e. The fourth-order valence-corrected chi connectivity index (χ4v) is 1.68. The molecule has 2 rings (SSSR count). The minimum atomic E-state index is 0.550. The summed E-state index contributed by atoms with van der Waals surface area (Å²) in [6.07, 6.45) is 0.937. The molecule has 0 atom stereocenters. The lowest BCUT2D eigenvalue weighted by molar-refractivity contribution is 0.296. The van der Waals surface area contributed by atoms with Gasteiger partial charge in [0, 0.05) is 19.6 Å². The van der Waals surface area contributed by atoms with E-state index in [1.807, 2.05) is 24.1 Å². The van der Waals surface area contributed by atoms with Crippen LogP contribution in [0, 0.1) is 0 Å². The van der Waals surface area contributed by atoms with E-state index in [0.29, 0.717) is 6.67 Å². The van der Waals surface area contributed by atoms with Crippen molar-refractivity contribution in [2.75, 3.05) is 26.9 Å². The fourth-order valence-electron chi connectivity index (χ4n) is 1.68. The van der Waals surface area contributed by atoms with E-state index in [1.54, 1.807) is 0 Å². The van der Waals surface area contributed by atoms with E-state index in [1.165, 1.54) is 5.56 Å². The number of rotatable bonds is 3. The first-order valence-corrected chi connectivity index (χ1v) is 5.57. The number of hydrogen-bond acceptors (Lipinski definition) is 4. The summed E-state index contributed by atoms with van der Waals surface area (Å²) in [4.78, 5) is 2.04. The third kappa shape index (κ3) is 2.65. The van der Waals surface area contributed by atoms with E-state index in [0.717, 1.165) is 37.7 Å². The molecule has 1 aromatic rings. The van der Waals surface area contributed by atoms with Gasteiger partial charge in [0.05, 0.1) is 13.2 Å². The molecular formula is C12H18N2O2. The Labute approximate surface area is 95.9 Å². The average Bonchev–Trinajstić information content (AvgIpc) is 2.53. The summed E-state index contributed by atoms with van der Waals surface area (Å²) >= 11 is 0. The normalized spacial score (nSPS) is 14.9. The van der Waals surface area contributed by atoms with Crippen molar-refractivity contribution in [3.63, 3.8) is 0 Å². The van der Waals surface area contributed by atoms with E-state index < -0.39 is 0 Å². The quantitative estimate of drug-likeness (QED) is 0.781. The van der Waals surface area contributed by atoms with Crippen molar-refractivity contribution >= 4 is 0 Å². The van der Waals surface area contributed by atoms with Gasteiger partial charge in [-0.05, 0) is 24.7 Å². The summed E-state index contributed by atoms with van der Waals surface area (Å²) in [5.74, 6) is 1.69. The first-order chi connectivity index (χ1) is 7.79. The van der Waals surface area contributed by atoms with Crippen molar-refractivity contribution in [2.24, 2.45) is 5.73 Å². The maximum Gasteiger partial charge on any atom is 0.161 e. The maximum atomic E-state index is 5.63. The summed E-state index contributed by atoms with van der Waals surface area (Å²) in [6.45, 7) is 2.83. The number of ether oxygens (including phenoxy) is 2. The highest BCUT2D eigenvalue weighted by Crippen LogP contribution is 2.30. The summed E-state index contributed by atoms with van der Waals surface area (Å²) in [6, 6.07) is 6.06. The molecule has 1 aliphatic rings. The standard InChI is InChI=1S/C12H18N2O2/c1-14(9-13)8-10-3-4-11-12(7-10)16-6-2-5-15-11/h3-4,7H,2,5-6,8-9,13H2,1H3. The summed E-state index contributed by atoms with van der Waals surface area (Å²) in [5, 5.41) is 0. The van der Waals surface area contributed by atoms with Crippen LogP contribution in [0.3, 0.4) is 0 Å². The third-order valence-electron chi connectivity index (χ3n) is 2.58. The molecule has 1 aliphatic heterocycles. The Hall–Kier alpha value is -1.26. The predicted octanol–water partition coefficient (Wildman–Crippen LogP) is 1.20. The fraction of sp³-hybridized carbons (Fsp3) is 0.500. The van der Waals surface area contributed by atoms with Crippen molar-refractivity contribution in [3.8, 4) is 11.5 Å². The van der Waals surface area contributed by atoms with Crippen LogP contribution in [0.25, 0.3) is 0 Å². The van der Waals surface area contributed by atoms with Gasteiger partial charge in [0.1, 0.15) is 0 Å². The monoisotopic (exact) mass is 222 g/mol. The van der Waals surface area contributed by atoms with E-state index in [9.17, 15) is 0 Å². The van der Waals surface area contributed by atoms with Gasteiger partial charge >= 0.3 is 0 Å². The topological polar surface area (TPSA) is 47.7 Å². The molecule has 0 aliphatic carbocycles. The van der Waals surface area contributed by atoms with Crippen LogP contribution in [-0.2, 0) is 6.54 Å². The van der Waals surface area contributed by atoms with E-state index in [4.69, 9.17) is 15.2 Å². The summed E-state index contributed by atoms with van der Waals surface area (Å²) in [5.41, 5.74) is 6.74. The molecule has 2 N–H and O–H groups in total.